The number of likely N-dealkylation sites (N-methyl/N-ethyl adjacent to an activating group) is 2. The van der Waals surface area contributed by atoms with E-state index in [-0.39, 0.29) is 5.54 Å². The van der Waals surface area contributed by atoms with Crippen LogP contribution in [0.1, 0.15) is 0 Å². The number of hydrogen-bond donors (Lipinski definition) is 2. The van der Waals surface area contributed by atoms with Gasteiger partial charge in [0.2, 0.25) is 0 Å². The third kappa shape index (κ3) is 2.54. The fourth-order valence-electron chi connectivity index (χ4n) is 2.24. The van der Waals surface area contributed by atoms with Crippen LogP contribution in [0, 0.1) is 0 Å². The first-order valence-electron chi connectivity index (χ1n) is 5.37. The Labute approximate surface area is 92.9 Å². The first kappa shape index (κ1) is 12.1. The Bertz CT molecular complexity index is 235. The van der Waals surface area contributed by atoms with Crippen LogP contribution in [0.5, 0.6) is 0 Å². The predicted molar refractivity (Wildman–Crippen MR) is 65.2 cm³/mol. The molecule has 2 atom stereocenters. The topological polar surface area (TPSA) is 24.1 Å². The van der Waals surface area contributed by atoms with E-state index >= 15 is 0 Å². The number of hydrogen-bond acceptors (Lipinski definition) is 2. The van der Waals surface area contributed by atoms with Crippen LogP contribution in [0.4, 0.5) is 0 Å². The van der Waals surface area contributed by atoms with Crippen LogP contribution < -0.4 is 10.6 Å². The summed E-state index contributed by atoms with van der Waals surface area (Å²) < 4.78 is 0. The Morgan fingerprint density at radius 1 is 1.29 bits per heavy atom. The molecule has 1 rings (SSSR count). The summed E-state index contributed by atoms with van der Waals surface area (Å²) in [4.78, 5) is 1.34. The van der Waals surface area contributed by atoms with Crippen molar-refractivity contribution in [3.63, 3.8) is 0 Å². The van der Waals surface area contributed by atoms with Gasteiger partial charge in [0.15, 0.2) is 0 Å². The Hall–Kier alpha value is 0.0364. The monoisotopic (exact) mass is 250 g/mol. The molecule has 0 aliphatic heterocycles. The molecular formula is C11H21GaN2. The van der Waals surface area contributed by atoms with E-state index in [4.69, 9.17) is 0 Å². The molecule has 0 saturated heterocycles. The molecule has 2 unspecified atom stereocenters. The van der Waals surface area contributed by atoms with Gasteiger partial charge in [-0.2, -0.15) is 0 Å². The summed E-state index contributed by atoms with van der Waals surface area (Å²) in [7, 11) is 4.10. The molecule has 0 amide bonds. The summed E-state index contributed by atoms with van der Waals surface area (Å²) in [5.74, 6) is 0. The van der Waals surface area contributed by atoms with Gasteiger partial charge in [-0.3, -0.25) is 0 Å². The first-order chi connectivity index (χ1) is 6.64. The SMILES string of the molecule is CNC1C=CC=CC1([CH2][Ga]([CH3])[CH3])NC. The van der Waals surface area contributed by atoms with E-state index in [1.165, 1.54) is 4.98 Å². The average Bonchev–Trinajstić information content (AvgIpc) is 2.17. The molecule has 0 spiro atoms. The minimum absolute atomic E-state index is 0.164. The van der Waals surface area contributed by atoms with Crippen molar-refractivity contribution < 1.29 is 0 Å². The van der Waals surface area contributed by atoms with Crippen molar-refractivity contribution in [2.45, 2.75) is 27.5 Å². The molecule has 1 aliphatic rings. The second-order valence-electron chi connectivity index (χ2n) is 4.40. The van der Waals surface area contributed by atoms with Crippen LogP contribution >= 0.6 is 0 Å². The van der Waals surface area contributed by atoms with Gasteiger partial charge in [0, 0.05) is 0 Å². The van der Waals surface area contributed by atoms with Crippen molar-refractivity contribution >= 4 is 16.2 Å². The van der Waals surface area contributed by atoms with Gasteiger partial charge in [-0.15, -0.1) is 0 Å². The summed E-state index contributed by atoms with van der Waals surface area (Å²) in [6, 6.07) is 0.436. The van der Waals surface area contributed by atoms with E-state index in [0.29, 0.717) is 6.04 Å². The van der Waals surface area contributed by atoms with Crippen molar-refractivity contribution in [1.29, 1.82) is 0 Å². The van der Waals surface area contributed by atoms with Crippen LogP contribution in [-0.4, -0.2) is 41.9 Å². The summed E-state index contributed by atoms with van der Waals surface area (Å²) in [6.45, 7) is 0. The summed E-state index contributed by atoms with van der Waals surface area (Å²) in [5.41, 5.74) is 5.06. The van der Waals surface area contributed by atoms with Gasteiger partial charge in [0.05, 0.1) is 0 Å². The average molecular weight is 251 g/mol. The van der Waals surface area contributed by atoms with Crippen LogP contribution in [0.2, 0.25) is 15.9 Å². The van der Waals surface area contributed by atoms with E-state index in [9.17, 15) is 0 Å². The number of rotatable bonds is 4. The molecule has 0 aromatic rings. The Kier molecular flexibility index (Phi) is 4.51. The normalized spacial score (nSPS) is 30.7. The summed E-state index contributed by atoms with van der Waals surface area (Å²) in [5, 5.41) is 6.88. The number of allylic oxidation sites excluding steroid dienone is 2. The Balaban J connectivity index is 2.84. The molecule has 0 fully saturated rings. The quantitative estimate of drug-likeness (QED) is 0.738. The molecule has 0 saturated carbocycles. The van der Waals surface area contributed by atoms with E-state index < -0.39 is 16.2 Å². The van der Waals surface area contributed by atoms with Crippen LogP contribution in [0.3, 0.4) is 0 Å². The molecule has 3 heteroatoms. The van der Waals surface area contributed by atoms with Gasteiger partial charge in [-0.1, -0.05) is 0 Å². The van der Waals surface area contributed by atoms with E-state index in [1.54, 1.807) is 0 Å². The Morgan fingerprint density at radius 2 is 2.00 bits per heavy atom. The zero-order valence-electron chi connectivity index (χ0n) is 9.67. The van der Waals surface area contributed by atoms with Crippen LogP contribution in [-0.2, 0) is 0 Å². The zero-order valence-corrected chi connectivity index (χ0v) is 12.1. The van der Waals surface area contributed by atoms with Gasteiger partial charge in [0.25, 0.3) is 0 Å². The third-order valence-electron chi connectivity index (χ3n) is 2.89. The molecule has 2 N–H and O–H groups in total. The van der Waals surface area contributed by atoms with Crippen molar-refractivity contribution in [1.82, 2.24) is 10.6 Å². The molecule has 14 heavy (non-hydrogen) atoms. The van der Waals surface area contributed by atoms with Gasteiger partial charge in [-0.25, -0.2) is 0 Å². The van der Waals surface area contributed by atoms with Crippen LogP contribution in [0.15, 0.2) is 24.3 Å². The molecule has 2 nitrogen and oxygen atoms in total. The summed E-state index contributed by atoms with van der Waals surface area (Å²) in [6.07, 6.45) is 8.86. The molecule has 0 heterocycles. The maximum atomic E-state index is 3.50. The molecule has 78 valence electrons. The van der Waals surface area contributed by atoms with Gasteiger partial charge in [-0.05, 0) is 0 Å². The molecule has 0 bridgehead atoms. The van der Waals surface area contributed by atoms with Gasteiger partial charge >= 0.3 is 92.8 Å². The standard InChI is InChI=1S/C9H15N2.2CH3.Ga/c1-9(11-3)7-5-4-6-8(9)10-2;;;/h4-8,10-11H,1H2,2-3H3;2*1H3;. The minimum atomic E-state index is -1.01. The van der Waals surface area contributed by atoms with Crippen molar-refractivity contribution in [2.75, 3.05) is 14.1 Å². The Morgan fingerprint density at radius 3 is 2.50 bits per heavy atom. The maximum absolute atomic E-state index is 3.50. The summed E-state index contributed by atoms with van der Waals surface area (Å²) >= 11 is -1.01. The van der Waals surface area contributed by atoms with E-state index in [1.807, 2.05) is 7.05 Å². The second kappa shape index (κ2) is 5.21. The molecule has 0 aromatic heterocycles. The molecular weight excluding hydrogens is 230 g/mol. The fourth-order valence-corrected chi connectivity index (χ4v) is 6.32. The van der Waals surface area contributed by atoms with Gasteiger partial charge < -0.3 is 0 Å². The van der Waals surface area contributed by atoms with Crippen molar-refractivity contribution in [3.05, 3.63) is 24.3 Å². The second-order valence-corrected chi connectivity index (χ2v) is 11.1. The van der Waals surface area contributed by atoms with Crippen LogP contribution in [0.25, 0.3) is 0 Å². The first-order valence-corrected chi connectivity index (χ1v) is 11.9. The van der Waals surface area contributed by atoms with Crippen molar-refractivity contribution in [3.8, 4) is 0 Å². The molecule has 0 radical (unpaired) electrons. The predicted octanol–water partition coefficient (Wildman–Crippen LogP) is 1.41. The third-order valence-corrected chi connectivity index (χ3v) is 6.02. The molecule has 1 aliphatic carbocycles. The zero-order chi connectivity index (χ0) is 10.6. The van der Waals surface area contributed by atoms with E-state index in [2.05, 4.69) is 52.9 Å². The van der Waals surface area contributed by atoms with Crippen molar-refractivity contribution in [2.24, 2.45) is 0 Å². The van der Waals surface area contributed by atoms with E-state index in [0.717, 1.165) is 0 Å². The molecule has 0 aromatic carbocycles. The number of nitrogens with one attached hydrogen (secondary N) is 2. The fraction of sp³-hybridized carbons (Fsp3) is 0.636. The van der Waals surface area contributed by atoms with Gasteiger partial charge in [0.1, 0.15) is 0 Å².